The van der Waals surface area contributed by atoms with E-state index in [1.165, 1.54) is 6.07 Å². The molecule has 2 rings (SSSR count). The van der Waals surface area contributed by atoms with E-state index in [1.54, 1.807) is 22.8 Å². The highest BCUT2D eigenvalue weighted by Gasteiger charge is 2.21. The van der Waals surface area contributed by atoms with E-state index in [4.69, 9.17) is 5.11 Å². The highest BCUT2D eigenvalue weighted by atomic mass is 16.4. The Morgan fingerprint density at radius 1 is 1.41 bits per heavy atom. The molecule has 0 aliphatic rings. The molecule has 0 bridgehead atoms. The average molecular weight is 235 g/mol. The number of aliphatic hydroxyl groups is 1. The second kappa shape index (κ2) is 4.10. The van der Waals surface area contributed by atoms with Gasteiger partial charge in [-0.3, -0.25) is 0 Å². The van der Waals surface area contributed by atoms with Crippen LogP contribution in [0.5, 0.6) is 5.75 Å². The number of aromatic hydroxyl groups is 1. The van der Waals surface area contributed by atoms with Crippen LogP contribution in [0.25, 0.3) is 10.9 Å². The molecule has 0 fully saturated rings. The first-order valence-corrected chi connectivity index (χ1v) is 5.27. The minimum Gasteiger partial charge on any atom is -0.508 e. The highest BCUT2D eigenvalue weighted by molar-refractivity contribution is 5.85. The van der Waals surface area contributed by atoms with Gasteiger partial charge in [-0.25, -0.2) is 4.79 Å². The SMILES string of the molecule is CCn1c(C(O)C(=O)O)cc2cc(O)ccc21. The van der Waals surface area contributed by atoms with Gasteiger partial charge in [-0.05, 0) is 31.2 Å². The molecule has 0 aliphatic heterocycles. The Labute approximate surface area is 97.5 Å². The second-order valence-corrected chi connectivity index (χ2v) is 3.80. The standard InChI is InChI=1S/C12H13NO4/c1-2-13-9-4-3-8(14)5-7(9)6-10(13)11(15)12(16)17/h3-6,11,14-15H,2H2,1H3,(H,16,17). The monoisotopic (exact) mass is 235 g/mol. The number of aryl methyl sites for hydroxylation is 1. The molecule has 0 aliphatic carbocycles. The summed E-state index contributed by atoms with van der Waals surface area (Å²) in [5.74, 6) is -1.17. The fraction of sp³-hybridized carbons (Fsp3) is 0.250. The van der Waals surface area contributed by atoms with Crippen LogP contribution >= 0.6 is 0 Å². The van der Waals surface area contributed by atoms with Crippen molar-refractivity contribution in [3.05, 3.63) is 30.0 Å². The molecule has 1 heterocycles. The molecule has 1 aromatic carbocycles. The summed E-state index contributed by atoms with van der Waals surface area (Å²) < 4.78 is 1.72. The zero-order valence-electron chi connectivity index (χ0n) is 9.29. The lowest BCUT2D eigenvalue weighted by Crippen LogP contribution is -2.14. The molecule has 5 nitrogen and oxygen atoms in total. The van der Waals surface area contributed by atoms with Gasteiger partial charge in [-0.2, -0.15) is 0 Å². The molecular weight excluding hydrogens is 222 g/mol. The molecule has 90 valence electrons. The number of hydrogen-bond acceptors (Lipinski definition) is 3. The number of carboxylic acids is 1. The Kier molecular flexibility index (Phi) is 2.77. The van der Waals surface area contributed by atoms with Gasteiger partial charge in [0.25, 0.3) is 0 Å². The number of aliphatic hydroxyl groups excluding tert-OH is 1. The van der Waals surface area contributed by atoms with Crippen molar-refractivity contribution < 1.29 is 20.1 Å². The lowest BCUT2D eigenvalue weighted by Gasteiger charge is -2.10. The largest absolute Gasteiger partial charge is 0.508 e. The maximum atomic E-state index is 10.8. The van der Waals surface area contributed by atoms with Crippen molar-refractivity contribution in [1.29, 1.82) is 0 Å². The van der Waals surface area contributed by atoms with Gasteiger partial charge in [0.15, 0.2) is 6.10 Å². The maximum absolute atomic E-state index is 10.8. The van der Waals surface area contributed by atoms with E-state index >= 15 is 0 Å². The fourth-order valence-electron chi connectivity index (χ4n) is 1.99. The number of hydrogen-bond donors (Lipinski definition) is 3. The van der Waals surface area contributed by atoms with Gasteiger partial charge in [0.1, 0.15) is 5.75 Å². The molecule has 0 radical (unpaired) electrons. The van der Waals surface area contributed by atoms with E-state index in [0.717, 1.165) is 5.52 Å². The Morgan fingerprint density at radius 3 is 2.71 bits per heavy atom. The lowest BCUT2D eigenvalue weighted by molar-refractivity contribution is -0.147. The second-order valence-electron chi connectivity index (χ2n) is 3.80. The number of aliphatic carboxylic acids is 1. The smallest absolute Gasteiger partial charge is 0.338 e. The zero-order valence-corrected chi connectivity index (χ0v) is 9.29. The zero-order chi connectivity index (χ0) is 12.6. The Bertz CT molecular complexity index is 573. The topological polar surface area (TPSA) is 82.7 Å². The van der Waals surface area contributed by atoms with Crippen molar-refractivity contribution >= 4 is 16.9 Å². The highest BCUT2D eigenvalue weighted by Crippen LogP contribution is 2.27. The number of nitrogens with zero attached hydrogens (tertiary/aromatic N) is 1. The van der Waals surface area contributed by atoms with Gasteiger partial charge < -0.3 is 19.9 Å². The molecule has 1 atom stereocenters. The van der Waals surface area contributed by atoms with Gasteiger partial charge in [-0.15, -0.1) is 0 Å². The molecular formula is C12H13NO4. The van der Waals surface area contributed by atoms with Crippen molar-refractivity contribution in [3.8, 4) is 5.75 Å². The summed E-state index contributed by atoms with van der Waals surface area (Å²) in [5, 5.41) is 28.5. The summed E-state index contributed by atoms with van der Waals surface area (Å²) in [7, 11) is 0. The van der Waals surface area contributed by atoms with Crippen LogP contribution in [0.1, 0.15) is 18.7 Å². The van der Waals surface area contributed by atoms with Gasteiger partial charge in [0.2, 0.25) is 0 Å². The molecule has 0 amide bonds. The van der Waals surface area contributed by atoms with Crippen molar-refractivity contribution in [1.82, 2.24) is 4.57 Å². The molecule has 3 N–H and O–H groups in total. The number of aromatic nitrogens is 1. The Morgan fingerprint density at radius 2 is 2.12 bits per heavy atom. The van der Waals surface area contributed by atoms with Gasteiger partial charge in [0.05, 0.1) is 5.69 Å². The summed E-state index contributed by atoms with van der Waals surface area (Å²) in [5.41, 5.74) is 1.11. The third-order valence-electron chi connectivity index (χ3n) is 2.75. The molecule has 17 heavy (non-hydrogen) atoms. The minimum absolute atomic E-state index is 0.113. The lowest BCUT2D eigenvalue weighted by atomic mass is 10.2. The van der Waals surface area contributed by atoms with Crippen molar-refractivity contribution in [2.45, 2.75) is 19.6 Å². The fourth-order valence-corrected chi connectivity index (χ4v) is 1.99. The number of rotatable bonds is 3. The third-order valence-corrected chi connectivity index (χ3v) is 2.75. The normalized spacial score (nSPS) is 12.8. The Balaban J connectivity index is 2.67. The number of carbonyl (C=O) groups is 1. The quantitative estimate of drug-likeness (QED) is 0.752. The van der Waals surface area contributed by atoms with E-state index in [-0.39, 0.29) is 5.75 Å². The number of phenols is 1. The first kappa shape index (κ1) is 11.5. The van der Waals surface area contributed by atoms with Gasteiger partial charge in [0, 0.05) is 17.4 Å². The van der Waals surface area contributed by atoms with Crippen LogP contribution in [0, 0.1) is 0 Å². The first-order chi connectivity index (χ1) is 8.04. The van der Waals surface area contributed by atoms with Crippen LogP contribution in [0.3, 0.4) is 0 Å². The summed E-state index contributed by atoms with van der Waals surface area (Å²) in [6, 6.07) is 6.36. The maximum Gasteiger partial charge on any atom is 0.338 e. The van der Waals surface area contributed by atoms with E-state index in [0.29, 0.717) is 17.6 Å². The number of phenolic OH excluding ortho intramolecular Hbond substituents is 1. The summed E-state index contributed by atoms with van der Waals surface area (Å²) in [6.45, 7) is 2.41. The van der Waals surface area contributed by atoms with Crippen LogP contribution < -0.4 is 0 Å². The van der Waals surface area contributed by atoms with E-state index in [2.05, 4.69) is 0 Å². The van der Waals surface area contributed by atoms with Crippen LogP contribution in [-0.4, -0.2) is 25.9 Å². The van der Waals surface area contributed by atoms with E-state index in [1.807, 2.05) is 6.92 Å². The third kappa shape index (κ3) is 1.85. The average Bonchev–Trinajstić information content (AvgIpc) is 2.64. The minimum atomic E-state index is -1.55. The molecule has 5 heteroatoms. The van der Waals surface area contributed by atoms with Crippen LogP contribution in [0.2, 0.25) is 0 Å². The van der Waals surface area contributed by atoms with Crippen LogP contribution in [-0.2, 0) is 11.3 Å². The van der Waals surface area contributed by atoms with Gasteiger partial charge >= 0.3 is 5.97 Å². The summed E-state index contributed by atoms with van der Waals surface area (Å²) in [4.78, 5) is 10.8. The van der Waals surface area contributed by atoms with Crippen molar-refractivity contribution in [2.75, 3.05) is 0 Å². The molecule has 0 spiro atoms. The number of carboxylic acid groups (broad SMARTS) is 1. The van der Waals surface area contributed by atoms with Crippen LogP contribution in [0.4, 0.5) is 0 Å². The predicted molar refractivity (Wildman–Crippen MR) is 61.9 cm³/mol. The van der Waals surface area contributed by atoms with Crippen molar-refractivity contribution in [2.24, 2.45) is 0 Å². The van der Waals surface area contributed by atoms with Crippen LogP contribution in [0.15, 0.2) is 24.3 Å². The molecule has 2 aromatic rings. The van der Waals surface area contributed by atoms with E-state index in [9.17, 15) is 15.0 Å². The summed E-state index contributed by atoms with van der Waals surface area (Å²) in [6.07, 6.45) is -1.55. The van der Waals surface area contributed by atoms with Gasteiger partial charge in [-0.1, -0.05) is 0 Å². The van der Waals surface area contributed by atoms with E-state index < -0.39 is 12.1 Å². The molecule has 1 unspecified atom stereocenters. The number of benzene rings is 1. The molecule has 0 saturated carbocycles. The summed E-state index contributed by atoms with van der Waals surface area (Å²) >= 11 is 0. The molecule has 0 saturated heterocycles. The van der Waals surface area contributed by atoms with Crippen molar-refractivity contribution in [3.63, 3.8) is 0 Å². The molecule has 1 aromatic heterocycles. The first-order valence-electron chi connectivity index (χ1n) is 5.27. The predicted octanol–water partition coefficient (Wildman–Crippen LogP) is 1.48. The number of fused-ring (bicyclic) bond motifs is 1. The Hall–Kier alpha value is -2.01.